The van der Waals surface area contributed by atoms with Crippen LogP contribution in [0.25, 0.3) is 0 Å². The van der Waals surface area contributed by atoms with Crippen LogP contribution in [0.15, 0.2) is 36.5 Å². The lowest BCUT2D eigenvalue weighted by atomic mass is 10.3. The molecule has 5 heteroatoms. The highest BCUT2D eigenvalue weighted by Crippen LogP contribution is 2.16. The van der Waals surface area contributed by atoms with E-state index in [-0.39, 0.29) is 0 Å². The van der Waals surface area contributed by atoms with Crippen LogP contribution in [0.1, 0.15) is 5.69 Å². The molecule has 15 heavy (non-hydrogen) atoms. The van der Waals surface area contributed by atoms with Crippen molar-refractivity contribution in [3.63, 3.8) is 0 Å². The van der Waals surface area contributed by atoms with Gasteiger partial charge in [0.1, 0.15) is 6.07 Å². The molecule has 0 amide bonds. The van der Waals surface area contributed by atoms with Crippen LogP contribution in [-0.4, -0.2) is 9.89 Å². The van der Waals surface area contributed by atoms with Crippen LogP contribution in [0.2, 0.25) is 0 Å². The van der Waals surface area contributed by atoms with Crippen molar-refractivity contribution in [2.75, 3.05) is 11.2 Å². The molecule has 2 aromatic rings. The molecule has 0 radical (unpaired) electrons. The number of anilines is 2. The van der Waals surface area contributed by atoms with Crippen LogP contribution >= 0.6 is 0 Å². The highest BCUT2D eigenvalue weighted by atomic mass is 15.6. The molecule has 2 rings (SSSR count). The maximum Gasteiger partial charge on any atom is 0.164 e. The fourth-order valence-electron chi connectivity index (χ4n) is 1.17. The average molecular weight is 199 g/mol. The summed E-state index contributed by atoms with van der Waals surface area (Å²) in [7, 11) is 0. The van der Waals surface area contributed by atoms with E-state index in [0.717, 1.165) is 5.69 Å². The quantitative estimate of drug-likeness (QED) is 0.712. The molecule has 1 aromatic carbocycles. The van der Waals surface area contributed by atoms with Gasteiger partial charge in [0, 0.05) is 0 Å². The summed E-state index contributed by atoms with van der Waals surface area (Å²) in [6, 6.07) is 10.9. The normalized spacial score (nSPS) is 9.53. The van der Waals surface area contributed by atoms with Crippen LogP contribution in [0.4, 0.5) is 11.4 Å². The number of para-hydroxylation sites is 2. The number of hydrogen-bond acceptors (Lipinski definition) is 4. The number of nitrogens with zero attached hydrogens (tertiary/aromatic N) is 3. The van der Waals surface area contributed by atoms with Gasteiger partial charge in [-0.25, -0.2) is 0 Å². The van der Waals surface area contributed by atoms with Crippen molar-refractivity contribution >= 4 is 11.4 Å². The molecule has 1 heterocycles. The number of nitriles is 1. The van der Waals surface area contributed by atoms with Gasteiger partial charge in [-0.05, 0) is 18.2 Å². The van der Waals surface area contributed by atoms with Crippen molar-refractivity contribution in [1.82, 2.24) is 9.89 Å². The zero-order valence-corrected chi connectivity index (χ0v) is 7.88. The first kappa shape index (κ1) is 9.09. The van der Waals surface area contributed by atoms with E-state index < -0.39 is 0 Å². The Bertz CT molecular complexity index is 509. The van der Waals surface area contributed by atoms with Crippen molar-refractivity contribution < 1.29 is 0 Å². The Hall–Kier alpha value is -2.48. The number of nitrogens with one attached hydrogen (secondary N) is 1. The summed E-state index contributed by atoms with van der Waals surface area (Å²) < 4.78 is 0. The lowest BCUT2D eigenvalue weighted by Gasteiger charge is -2.07. The van der Waals surface area contributed by atoms with Crippen LogP contribution in [0.3, 0.4) is 0 Å². The van der Waals surface area contributed by atoms with Gasteiger partial charge >= 0.3 is 0 Å². The molecule has 0 atom stereocenters. The van der Waals surface area contributed by atoms with E-state index in [1.807, 2.05) is 24.3 Å². The molecule has 0 aliphatic heterocycles. The van der Waals surface area contributed by atoms with Gasteiger partial charge in [-0.15, -0.1) is 5.10 Å². The summed E-state index contributed by atoms with van der Waals surface area (Å²) in [6.45, 7) is 0. The molecular weight excluding hydrogens is 190 g/mol. The number of aromatic nitrogens is 2. The van der Waals surface area contributed by atoms with Gasteiger partial charge in [0.15, 0.2) is 5.69 Å². The molecular formula is C10H9N5. The molecule has 74 valence electrons. The molecule has 0 aliphatic carbocycles. The third kappa shape index (κ3) is 1.89. The summed E-state index contributed by atoms with van der Waals surface area (Å²) >= 11 is 0. The Morgan fingerprint density at radius 3 is 2.80 bits per heavy atom. The number of hydrogen-bond donors (Lipinski definition) is 2. The zero-order valence-electron chi connectivity index (χ0n) is 7.88. The van der Waals surface area contributed by atoms with E-state index in [9.17, 15) is 0 Å². The minimum absolute atomic E-state index is 0.358. The first-order valence-corrected chi connectivity index (χ1v) is 4.37. The van der Waals surface area contributed by atoms with E-state index in [1.54, 1.807) is 18.3 Å². The summed E-state index contributed by atoms with van der Waals surface area (Å²) in [5.74, 6) is 0. The number of nitrogens with two attached hydrogens (primary N) is 1. The molecule has 0 bridgehead atoms. The molecule has 0 aliphatic rings. The Morgan fingerprint density at radius 2 is 2.13 bits per heavy atom. The molecule has 0 unspecified atom stereocenters. The first-order valence-electron chi connectivity index (χ1n) is 4.37. The van der Waals surface area contributed by atoms with Crippen molar-refractivity contribution in [2.45, 2.75) is 0 Å². The number of nitrogen functional groups attached to an aromatic ring is 1. The third-order valence-corrected chi connectivity index (χ3v) is 1.90. The van der Waals surface area contributed by atoms with E-state index >= 15 is 0 Å². The van der Waals surface area contributed by atoms with Gasteiger partial charge in [0.25, 0.3) is 0 Å². The van der Waals surface area contributed by atoms with Crippen molar-refractivity contribution in [3.8, 4) is 6.07 Å². The molecule has 1 aromatic heterocycles. The van der Waals surface area contributed by atoms with E-state index in [0.29, 0.717) is 11.4 Å². The average Bonchev–Trinajstić information content (AvgIpc) is 2.69. The zero-order chi connectivity index (χ0) is 10.7. The Kier molecular flexibility index (Phi) is 2.25. The van der Waals surface area contributed by atoms with Gasteiger partial charge in [-0.1, -0.05) is 12.1 Å². The van der Waals surface area contributed by atoms with Gasteiger partial charge in [-0.2, -0.15) is 10.1 Å². The van der Waals surface area contributed by atoms with Crippen molar-refractivity contribution in [2.24, 2.45) is 0 Å². The van der Waals surface area contributed by atoms with Gasteiger partial charge in [0.2, 0.25) is 0 Å². The minimum Gasteiger partial charge on any atom is -0.397 e. The topological polar surface area (TPSA) is 79.7 Å². The predicted octanol–water partition coefficient (Wildman–Crippen LogP) is 1.21. The van der Waals surface area contributed by atoms with Crippen LogP contribution in [-0.2, 0) is 0 Å². The van der Waals surface area contributed by atoms with Crippen LogP contribution in [0, 0.1) is 11.3 Å². The maximum atomic E-state index is 8.59. The van der Waals surface area contributed by atoms with Crippen LogP contribution < -0.4 is 11.2 Å². The largest absolute Gasteiger partial charge is 0.397 e. The minimum atomic E-state index is 0.358. The van der Waals surface area contributed by atoms with Crippen molar-refractivity contribution in [3.05, 3.63) is 42.2 Å². The number of benzene rings is 1. The monoisotopic (exact) mass is 199 g/mol. The lowest BCUT2D eigenvalue weighted by Crippen LogP contribution is -2.11. The maximum absolute atomic E-state index is 8.59. The fourth-order valence-corrected chi connectivity index (χ4v) is 1.17. The van der Waals surface area contributed by atoms with Gasteiger partial charge in [0.05, 0.1) is 17.6 Å². The van der Waals surface area contributed by atoms with Gasteiger partial charge < -0.3 is 5.73 Å². The summed E-state index contributed by atoms with van der Waals surface area (Å²) in [5.41, 5.74) is 10.4. The molecule has 3 N–H and O–H groups in total. The second kappa shape index (κ2) is 3.72. The Balaban J connectivity index is 2.23. The smallest absolute Gasteiger partial charge is 0.164 e. The van der Waals surface area contributed by atoms with E-state index in [1.165, 1.54) is 4.79 Å². The Morgan fingerprint density at radius 1 is 1.33 bits per heavy atom. The fraction of sp³-hybridized carbons (Fsp3) is 0. The predicted molar refractivity (Wildman–Crippen MR) is 56.8 cm³/mol. The molecule has 0 saturated heterocycles. The molecule has 0 saturated carbocycles. The van der Waals surface area contributed by atoms with E-state index in [2.05, 4.69) is 10.5 Å². The van der Waals surface area contributed by atoms with Crippen LogP contribution in [0.5, 0.6) is 0 Å². The van der Waals surface area contributed by atoms with Crippen molar-refractivity contribution in [1.29, 1.82) is 5.26 Å². The third-order valence-electron chi connectivity index (χ3n) is 1.90. The number of rotatable bonds is 2. The summed E-state index contributed by atoms with van der Waals surface area (Å²) in [6.07, 6.45) is 1.66. The second-order valence-corrected chi connectivity index (χ2v) is 2.96. The summed E-state index contributed by atoms with van der Waals surface area (Å²) in [4.78, 5) is 1.45. The molecule has 0 spiro atoms. The Labute approximate surface area is 86.7 Å². The van der Waals surface area contributed by atoms with E-state index in [4.69, 9.17) is 11.0 Å². The highest BCUT2D eigenvalue weighted by Gasteiger charge is 1.99. The van der Waals surface area contributed by atoms with Gasteiger partial charge in [-0.3, -0.25) is 5.43 Å². The molecule has 0 fully saturated rings. The first-order chi connectivity index (χ1) is 7.29. The second-order valence-electron chi connectivity index (χ2n) is 2.96. The highest BCUT2D eigenvalue weighted by molar-refractivity contribution is 5.65. The molecule has 5 nitrogen and oxygen atoms in total. The standard InChI is InChI=1S/C10H9N5/c11-7-8-5-6-15(13-8)14-10-4-2-1-3-9(10)12/h1-6,14H,12H2. The summed E-state index contributed by atoms with van der Waals surface area (Å²) in [5, 5.41) is 12.5. The SMILES string of the molecule is N#Cc1ccn(Nc2ccccc2N)n1. The lowest BCUT2D eigenvalue weighted by molar-refractivity contribution is 0.799.